The van der Waals surface area contributed by atoms with Crippen LogP contribution in [0.1, 0.15) is 23.4 Å². The van der Waals surface area contributed by atoms with E-state index in [0.717, 1.165) is 22.5 Å². The first-order valence-electron chi connectivity index (χ1n) is 11.9. The first kappa shape index (κ1) is 26.9. The van der Waals surface area contributed by atoms with E-state index < -0.39 is 22.8 Å². The molecule has 3 N–H and O–H groups in total. The second kappa shape index (κ2) is 12.4. The molecule has 0 bridgehead atoms. The summed E-state index contributed by atoms with van der Waals surface area (Å²) in [6.45, 7) is 0. The lowest BCUT2D eigenvalue weighted by atomic mass is 9.96. The lowest BCUT2D eigenvalue weighted by molar-refractivity contribution is -0.137. The Labute approximate surface area is 221 Å². The second-order valence-corrected chi connectivity index (χ2v) is 10.4. The summed E-state index contributed by atoms with van der Waals surface area (Å²) in [5, 5.41) is 12.8. The number of aliphatic carboxylic acids is 1. The molecular weight excluding hydrogens is 508 g/mol. The van der Waals surface area contributed by atoms with Gasteiger partial charge in [-0.05, 0) is 65.1 Å². The largest absolute Gasteiger partial charge is 0.480 e. The zero-order valence-electron chi connectivity index (χ0n) is 20.7. The van der Waals surface area contributed by atoms with Crippen LogP contribution in [0.4, 0.5) is 14.5 Å². The van der Waals surface area contributed by atoms with E-state index in [4.69, 9.17) is 0 Å². The number of nitrogens with one attached hydrogen (secondary N) is 2. The minimum absolute atomic E-state index is 0.181. The van der Waals surface area contributed by atoms with Gasteiger partial charge >= 0.3 is 5.97 Å². The van der Waals surface area contributed by atoms with Gasteiger partial charge in [0.25, 0.3) is 0 Å². The molecule has 0 saturated carbocycles. The number of H-pyrrole nitrogens is 1. The molecule has 0 aliphatic carbocycles. The molecule has 1 unspecified atom stereocenters. The molecule has 0 aliphatic rings. The second-order valence-electron chi connectivity index (χ2n) is 8.80. The zero-order chi connectivity index (χ0) is 27.1. The molecule has 6 nitrogen and oxygen atoms in total. The van der Waals surface area contributed by atoms with E-state index in [0.29, 0.717) is 23.2 Å². The molecule has 3 aromatic carbocycles. The number of carboxylic acid groups (broad SMARTS) is 1. The summed E-state index contributed by atoms with van der Waals surface area (Å²) >= 11 is 0. The fraction of sp³-hybridized carbons (Fsp3) is 0.172. The number of imidazole rings is 1. The molecule has 196 valence electrons. The minimum Gasteiger partial charge on any atom is -0.480 e. The maximum absolute atomic E-state index is 13.7. The number of benzene rings is 3. The molecular formula is C29H27F2N3O3S. The molecule has 9 heteroatoms. The van der Waals surface area contributed by atoms with Gasteiger partial charge in [-0.15, -0.1) is 0 Å². The van der Waals surface area contributed by atoms with Crippen molar-refractivity contribution < 1.29 is 22.9 Å². The number of hydrogen-bond acceptors (Lipinski definition) is 4. The van der Waals surface area contributed by atoms with Crippen molar-refractivity contribution in [3.8, 4) is 11.1 Å². The van der Waals surface area contributed by atoms with E-state index in [-0.39, 0.29) is 23.8 Å². The Morgan fingerprint density at radius 1 is 1.08 bits per heavy atom. The van der Waals surface area contributed by atoms with Crippen molar-refractivity contribution in [2.45, 2.75) is 18.9 Å². The summed E-state index contributed by atoms with van der Waals surface area (Å²) in [6.07, 6.45) is 7.54. The van der Waals surface area contributed by atoms with Gasteiger partial charge in [0.15, 0.2) is 0 Å². The Morgan fingerprint density at radius 3 is 2.37 bits per heavy atom. The van der Waals surface area contributed by atoms with Gasteiger partial charge in [0.2, 0.25) is 0 Å². The Balaban J connectivity index is 1.76. The average molecular weight is 536 g/mol. The molecule has 0 aliphatic heterocycles. The number of rotatable bonds is 11. The highest BCUT2D eigenvalue weighted by molar-refractivity contribution is 7.84. The molecule has 1 heterocycles. The highest BCUT2D eigenvalue weighted by atomic mass is 32.2. The molecule has 2 atom stereocenters. The van der Waals surface area contributed by atoms with Crippen LogP contribution in [0.3, 0.4) is 0 Å². The van der Waals surface area contributed by atoms with Crippen molar-refractivity contribution in [2.75, 3.05) is 17.3 Å². The topological polar surface area (TPSA) is 95.1 Å². The van der Waals surface area contributed by atoms with Crippen LogP contribution < -0.4 is 5.32 Å². The van der Waals surface area contributed by atoms with Crippen molar-refractivity contribution >= 4 is 34.1 Å². The predicted octanol–water partition coefficient (Wildman–Crippen LogP) is 5.77. The average Bonchev–Trinajstić information content (AvgIpc) is 3.40. The molecule has 4 rings (SSSR count). The third kappa shape index (κ3) is 7.23. The number of halogens is 2. The van der Waals surface area contributed by atoms with Crippen LogP contribution >= 0.6 is 0 Å². The van der Waals surface area contributed by atoms with Crippen LogP contribution in [0.2, 0.25) is 0 Å². The molecule has 0 spiro atoms. The number of carbonyl (C=O) groups is 1. The van der Waals surface area contributed by atoms with Crippen LogP contribution in [0, 0.1) is 11.6 Å². The lowest BCUT2D eigenvalue weighted by Gasteiger charge is -2.19. The van der Waals surface area contributed by atoms with Gasteiger partial charge in [0.05, 0.1) is 0 Å². The van der Waals surface area contributed by atoms with Gasteiger partial charge in [-0.3, -0.25) is 4.21 Å². The van der Waals surface area contributed by atoms with Crippen LogP contribution in [-0.2, 0) is 22.0 Å². The van der Waals surface area contributed by atoms with Crippen molar-refractivity contribution in [3.63, 3.8) is 0 Å². The van der Waals surface area contributed by atoms with E-state index in [1.165, 1.54) is 30.5 Å². The van der Waals surface area contributed by atoms with Crippen molar-refractivity contribution in [3.05, 3.63) is 108 Å². The number of nitrogens with zero attached hydrogens (tertiary/aromatic N) is 1. The highest BCUT2D eigenvalue weighted by Gasteiger charge is 2.20. The van der Waals surface area contributed by atoms with Crippen LogP contribution in [0.15, 0.2) is 79.1 Å². The predicted molar refractivity (Wildman–Crippen MR) is 147 cm³/mol. The third-order valence-electron chi connectivity index (χ3n) is 5.99. The van der Waals surface area contributed by atoms with Gasteiger partial charge in [0, 0.05) is 52.9 Å². The van der Waals surface area contributed by atoms with Crippen molar-refractivity contribution in [2.24, 2.45) is 0 Å². The number of anilines is 1. The van der Waals surface area contributed by atoms with E-state index in [1.54, 1.807) is 42.7 Å². The fourth-order valence-electron chi connectivity index (χ4n) is 4.05. The van der Waals surface area contributed by atoms with Crippen LogP contribution in [0.5, 0.6) is 0 Å². The molecule has 0 fully saturated rings. The van der Waals surface area contributed by atoms with Crippen molar-refractivity contribution in [1.29, 1.82) is 0 Å². The molecule has 0 radical (unpaired) electrons. The molecule has 1 aromatic heterocycles. The van der Waals surface area contributed by atoms with Crippen molar-refractivity contribution in [1.82, 2.24) is 9.97 Å². The van der Waals surface area contributed by atoms with Crippen LogP contribution in [-0.4, -0.2) is 43.3 Å². The summed E-state index contributed by atoms with van der Waals surface area (Å²) in [6, 6.07) is 16.7. The Hall–Kier alpha value is -4.11. The van der Waals surface area contributed by atoms with E-state index in [1.807, 2.05) is 18.2 Å². The van der Waals surface area contributed by atoms with E-state index in [2.05, 4.69) is 15.3 Å². The maximum Gasteiger partial charge on any atom is 0.326 e. The van der Waals surface area contributed by atoms with E-state index >= 15 is 0 Å². The van der Waals surface area contributed by atoms with Gasteiger partial charge in [-0.1, -0.05) is 36.4 Å². The molecule has 0 amide bonds. The summed E-state index contributed by atoms with van der Waals surface area (Å²) in [7, 11) is -1.13. The van der Waals surface area contributed by atoms with Gasteiger partial charge < -0.3 is 15.4 Å². The molecule has 0 saturated heterocycles. The summed E-state index contributed by atoms with van der Waals surface area (Å²) < 4.78 is 38.8. The first-order chi connectivity index (χ1) is 18.3. The zero-order valence-corrected chi connectivity index (χ0v) is 21.5. The number of aromatic nitrogens is 2. The summed E-state index contributed by atoms with van der Waals surface area (Å²) in [5.41, 5.74) is 4.45. The van der Waals surface area contributed by atoms with Gasteiger partial charge in [-0.25, -0.2) is 18.6 Å². The SMILES string of the molecule is CS(=O)CC[C@H](Nc1ccc(C=C(Cc2ncc[nH]2)c2ccc(F)cc2)cc1-c1ccc(F)cc1)C(=O)O. The summed E-state index contributed by atoms with van der Waals surface area (Å²) in [4.78, 5) is 19.3. The Bertz CT molecular complexity index is 1440. The standard InChI is InChI=1S/C29H27F2N3O3S/c1-38(37)15-12-27(29(35)36)34-26-11-2-19(17-25(26)21-5-9-24(31)10-6-21)16-22(18-28-32-13-14-33-28)20-3-7-23(30)8-4-20/h2-11,13-14,16-17,27,34H,12,15,18H2,1H3,(H,32,33)(H,35,36)/t27-,38?/m0/s1. The number of hydrogen-bond donors (Lipinski definition) is 3. The smallest absolute Gasteiger partial charge is 0.326 e. The quantitative estimate of drug-likeness (QED) is 0.212. The minimum atomic E-state index is -1.13. The van der Waals surface area contributed by atoms with Crippen LogP contribution in [0.25, 0.3) is 22.8 Å². The lowest BCUT2D eigenvalue weighted by Crippen LogP contribution is -2.31. The Kier molecular flexibility index (Phi) is 8.81. The first-order valence-corrected chi connectivity index (χ1v) is 13.7. The number of allylic oxidation sites excluding steroid dienone is 1. The van der Waals surface area contributed by atoms with E-state index in [9.17, 15) is 22.9 Å². The third-order valence-corrected chi connectivity index (χ3v) is 6.80. The normalized spacial score (nSPS) is 13.2. The van der Waals surface area contributed by atoms with Gasteiger partial charge in [-0.2, -0.15) is 0 Å². The highest BCUT2D eigenvalue weighted by Crippen LogP contribution is 2.32. The number of carboxylic acids is 1. The Morgan fingerprint density at radius 2 is 1.76 bits per heavy atom. The van der Waals surface area contributed by atoms with Gasteiger partial charge in [0.1, 0.15) is 23.5 Å². The fourth-order valence-corrected chi connectivity index (χ4v) is 4.62. The summed E-state index contributed by atoms with van der Waals surface area (Å²) in [5.74, 6) is -0.785. The maximum atomic E-state index is 13.7. The monoisotopic (exact) mass is 535 g/mol. The number of aromatic amines is 1. The molecule has 4 aromatic rings. The molecule has 38 heavy (non-hydrogen) atoms.